The SMILES string of the molecule is Cc1ccc(NC(=O)COC(=O)Cc2ccccc2)cc1C. The van der Waals surface area contributed by atoms with Crippen LogP contribution < -0.4 is 5.32 Å². The van der Waals surface area contributed by atoms with Crippen molar-refractivity contribution in [3.63, 3.8) is 0 Å². The standard InChI is InChI=1S/C18H19NO3/c1-13-8-9-16(10-14(13)2)19-17(20)12-22-18(21)11-15-6-4-3-5-7-15/h3-10H,11-12H2,1-2H3,(H,19,20). The monoisotopic (exact) mass is 297 g/mol. The van der Waals surface area contributed by atoms with Crippen molar-refractivity contribution in [1.82, 2.24) is 0 Å². The molecule has 2 rings (SSSR count). The summed E-state index contributed by atoms with van der Waals surface area (Å²) in [5.41, 5.74) is 3.82. The second-order valence-electron chi connectivity index (χ2n) is 5.17. The summed E-state index contributed by atoms with van der Waals surface area (Å²) < 4.78 is 4.98. The molecule has 22 heavy (non-hydrogen) atoms. The lowest BCUT2D eigenvalue weighted by atomic mass is 10.1. The van der Waals surface area contributed by atoms with Crippen molar-refractivity contribution >= 4 is 17.6 Å². The van der Waals surface area contributed by atoms with Crippen LogP contribution in [0.3, 0.4) is 0 Å². The molecule has 0 fully saturated rings. The number of anilines is 1. The van der Waals surface area contributed by atoms with Crippen LogP contribution in [0.2, 0.25) is 0 Å². The number of hydrogen-bond donors (Lipinski definition) is 1. The Kier molecular flexibility index (Phi) is 5.31. The van der Waals surface area contributed by atoms with Crippen molar-refractivity contribution in [2.24, 2.45) is 0 Å². The smallest absolute Gasteiger partial charge is 0.310 e. The summed E-state index contributed by atoms with van der Waals surface area (Å²) in [6, 6.07) is 14.9. The summed E-state index contributed by atoms with van der Waals surface area (Å²) in [6.45, 7) is 3.70. The molecule has 0 bridgehead atoms. The van der Waals surface area contributed by atoms with Gasteiger partial charge in [-0.15, -0.1) is 0 Å². The first-order chi connectivity index (χ1) is 10.5. The summed E-state index contributed by atoms with van der Waals surface area (Å²) in [5, 5.41) is 2.71. The van der Waals surface area contributed by atoms with Gasteiger partial charge in [-0.1, -0.05) is 36.4 Å². The lowest BCUT2D eigenvalue weighted by Crippen LogP contribution is -2.21. The molecule has 0 heterocycles. The van der Waals surface area contributed by atoms with E-state index in [1.807, 2.05) is 62.4 Å². The number of ether oxygens (including phenoxy) is 1. The molecule has 0 aliphatic heterocycles. The van der Waals surface area contributed by atoms with Crippen molar-refractivity contribution in [2.75, 3.05) is 11.9 Å². The fourth-order valence-electron chi connectivity index (χ4n) is 1.98. The van der Waals surface area contributed by atoms with Crippen molar-refractivity contribution in [1.29, 1.82) is 0 Å². The lowest BCUT2D eigenvalue weighted by molar-refractivity contribution is -0.146. The molecule has 0 spiro atoms. The van der Waals surface area contributed by atoms with E-state index in [0.29, 0.717) is 5.69 Å². The minimum Gasteiger partial charge on any atom is -0.455 e. The molecule has 0 aromatic heterocycles. The van der Waals surface area contributed by atoms with E-state index in [2.05, 4.69) is 5.32 Å². The van der Waals surface area contributed by atoms with E-state index < -0.39 is 5.97 Å². The fourth-order valence-corrected chi connectivity index (χ4v) is 1.98. The number of nitrogens with one attached hydrogen (secondary N) is 1. The van der Waals surface area contributed by atoms with Gasteiger partial charge < -0.3 is 10.1 Å². The van der Waals surface area contributed by atoms with Gasteiger partial charge in [0.2, 0.25) is 0 Å². The van der Waals surface area contributed by atoms with Gasteiger partial charge in [-0.25, -0.2) is 0 Å². The highest BCUT2D eigenvalue weighted by atomic mass is 16.5. The topological polar surface area (TPSA) is 55.4 Å². The molecule has 1 N–H and O–H groups in total. The normalized spacial score (nSPS) is 10.1. The Bertz CT molecular complexity index is 665. The molecule has 0 saturated heterocycles. The fraction of sp³-hybridized carbons (Fsp3) is 0.222. The number of amides is 1. The summed E-state index contributed by atoms with van der Waals surface area (Å²) in [5.74, 6) is -0.758. The van der Waals surface area contributed by atoms with Crippen LogP contribution in [-0.2, 0) is 20.7 Å². The van der Waals surface area contributed by atoms with Crippen LogP contribution in [0.15, 0.2) is 48.5 Å². The summed E-state index contributed by atoms with van der Waals surface area (Å²) in [4.78, 5) is 23.4. The van der Waals surface area contributed by atoms with Gasteiger partial charge in [0.25, 0.3) is 5.91 Å². The number of aryl methyl sites for hydroxylation is 2. The average Bonchev–Trinajstić information content (AvgIpc) is 2.50. The van der Waals surface area contributed by atoms with Crippen LogP contribution in [0, 0.1) is 13.8 Å². The lowest BCUT2D eigenvalue weighted by Gasteiger charge is -2.08. The predicted octanol–water partition coefficient (Wildman–Crippen LogP) is 3.03. The Labute approximate surface area is 130 Å². The molecule has 4 heteroatoms. The van der Waals surface area contributed by atoms with Crippen LogP contribution in [0.4, 0.5) is 5.69 Å². The Balaban J connectivity index is 1.80. The van der Waals surface area contributed by atoms with E-state index in [9.17, 15) is 9.59 Å². The van der Waals surface area contributed by atoms with Gasteiger partial charge in [-0.3, -0.25) is 9.59 Å². The molecule has 4 nitrogen and oxygen atoms in total. The second-order valence-corrected chi connectivity index (χ2v) is 5.17. The first kappa shape index (κ1) is 15.8. The average molecular weight is 297 g/mol. The second kappa shape index (κ2) is 7.41. The van der Waals surface area contributed by atoms with Gasteiger partial charge in [0, 0.05) is 5.69 Å². The minimum absolute atomic E-state index is 0.164. The van der Waals surface area contributed by atoms with Crippen molar-refractivity contribution < 1.29 is 14.3 Å². The maximum Gasteiger partial charge on any atom is 0.310 e. The van der Waals surface area contributed by atoms with E-state index in [1.165, 1.54) is 0 Å². The molecule has 114 valence electrons. The highest BCUT2D eigenvalue weighted by Gasteiger charge is 2.09. The molecule has 0 unspecified atom stereocenters. The number of esters is 1. The molecule has 0 saturated carbocycles. The largest absolute Gasteiger partial charge is 0.455 e. The van der Waals surface area contributed by atoms with Crippen molar-refractivity contribution in [3.8, 4) is 0 Å². The van der Waals surface area contributed by atoms with Gasteiger partial charge >= 0.3 is 5.97 Å². The van der Waals surface area contributed by atoms with Crippen LogP contribution in [0.25, 0.3) is 0 Å². The Morgan fingerprint density at radius 3 is 2.41 bits per heavy atom. The zero-order valence-corrected chi connectivity index (χ0v) is 12.8. The van der Waals surface area contributed by atoms with E-state index in [4.69, 9.17) is 4.74 Å². The molecule has 0 radical (unpaired) electrons. The molecule has 0 aliphatic carbocycles. The number of hydrogen-bond acceptors (Lipinski definition) is 3. The van der Waals surface area contributed by atoms with Gasteiger partial charge in [0.1, 0.15) is 0 Å². The third kappa shape index (κ3) is 4.74. The van der Waals surface area contributed by atoms with Gasteiger partial charge in [-0.2, -0.15) is 0 Å². The third-order valence-electron chi connectivity index (χ3n) is 3.35. The summed E-state index contributed by atoms with van der Waals surface area (Å²) in [6.07, 6.45) is 0.164. The minimum atomic E-state index is -0.415. The van der Waals surface area contributed by atoms with Gasteiger partial charge in [-0.05, 0) is 42.7 Å². The Morgan fingerprint density at radius 1 is 1.00 bits per heavy atom. The van der Waals surface area contributed by atoms with Crippen molar-refractivity contribution in [2.45, 2.75) is 20.3 Å². The molecule has 1 amide bonds. The third-order valence-corrected chi connectivity index (χ3v) is 3.35. The van der Waals surface area contributed by atoms with Crippen molar-refractivity contribution in [3.05, 3.63) is 65.2 Å². The maximum absolute atomic E-state index is 11.8. The molecule has 2 aromatic carbocycles. The van der Waals surface area contributed by atoms with Gasteiger partial charge in [0.05, 0.1) is 6.42 Å². The van der Waals surface area contributed by atoms with Crippen LogP contribution in [0.5, 0.6) is 0 Å². The summed E-state index contributed by atoms with van der Waals surface area (Å²) >= 11 is 0. The quantitative estimate of drug-likeness (QED) is 0.863. The molecule has 0 atom stereocenters. The highest BCUT2D eigenvalue weighted by molar-refractivity contribution is 5.93. The zero-order chi connectivity index (χ0) is 15.9. The van der Waals surface area contributed by atoms with Gasteiger partial charge in [0.15, 0.2) is 6.61 Å². The molecular weight excluding hydrogens is 278 g/mol. The van der Waals surface area contributed by atoms with E-state index in [-0.39, 0.29) is 18.9 Å². The maximum atomic E-state index is 11.8. The zero-order valence-electron chi connectivity index (χ0n) is 12.8. The number of carbonyl (C=O) groups is 2. The molecule has 2 aromatic rings. The van der Waals surface area contributed by atoms with E-state index >= 15 is 0 Å². The molecule has 0 aliphatic rings. The van der Waals surface area contributed by atoms with E-state index in [0.717, 1.165) is 16.7 Å². The number of carbonyl (C=O) groups excluding carboxylic acids is 2. The Morgan fingerprint density at radius 2 is 1.73 bits per heavy atom. The first-order valence-electron chi connectivity index (χ1n) is 7.11. The predicted molar refractivity (Wildman–Crippen MR) is 85.7 cm³/mol. The van der Waals surface area contributed by atoms with Crippen LogP contribution in [-0.4, -0.2) is 18.5 Å². The molecular formula is C18H19NO3. The first-order valence-corrected chi connectivity index (χ1v) is 7.11. The van der Waals surface area contributed by atoms with Crippen LogP contribution >= 0.6 is 0 Å². The van der Waals surface area contributed by atoms with E-state index in [1.54, 1.807) is 0 Å². The highest BCUT2D eigenvalue weighted by Crippen LogP contribution is 2.14. The number of benzene rings is 2. The number of rotatable bonds is 5. The summed E-state index contributed by atoms with van der Waals surface area (Å²) in [7, 11) is 0. The van der Waals surface area contributed by atoms with Crippen LogP contribution in [0.1, 0.15) is 16.7 Å². The Hall–Kier alpha value is -2.62.